The number of hydrogen-bond acceptors (Lipinski definition) is 5. The fraction of sp³-hybridized carbons (Fsp3) is 0.550. The van der Waals surface area contributed by atoms with Gasteiger partial charge in [0.1, 0.15) is 6.04 Å². The lowest BCUT2D eigenvalue weighted by molar-refractivity contribution is -0.136. The third kappa shape index (κ3) is 3.37. The Balaban J connectivity index is 1.45. The van der Waals surface area contributed by atoms with Crippen LogP contribution in [0.2, 0.25) is 0 Å². The number of benzene rings is 1. The van der Waals surface area contributed by atoms with Gasteiger partial charge in [0.05, 0.1) is 0 Å². The van der Waals surface area contributed by atoms with Crippen molar-refractivity contribution in [1.82, 2.24) is 20.9 Å². The average Bonchev–Trinajstić information content (AvgIpc) is 2.88. The van der Waals surface area contributed by atoms with E-state index in [-0.39, 0.29) is 29.7 Å². The Morgan fingerprint density at radius 1 is 1.22 bits per heavy atom. The molecule has 1 aromatic carbocycles. The van der Waals surface area contributed by atoms with E-state index in [2.05, 4.69) is 29.8 Å². The van der Waals surface area contributed by atoms with Gasteiger partial charge in [-0.15, -0.1) is 0 Å². The van der Waals surface area contributed by atoms with Crippen molar-refractivity contribution in [3.05, 3.63) is 34.9 Å². The van der Waals surface area contributed by atoms with Crippen molar-refractivity contribution in [2.75, 3.05) is 13.1 Å². The molecule has 0 bridgehead atoms. The molecule has 1 atom stereocenters. The second-order valence-electron chi connectivity index (χ2n) is 8.32. The van der Waals surface area contributed by atoms with E-state index in [1.807, 2.05) is 18.2 Å². The van der Waals surface area contributed by atoms with E-state index in [9.17, 15) is 14.4 Å². The Morgan fingerprint density at radius 3 is 2.67 bits per heavy atom. The molecule has 3 N–H and O–H groups in total. The summed E-state index contributed by atoms with van der Waals surface area (Å²) >= 11 is 0. The smallest absolute Gasteiger partial charge is 0.255 e. The summed E-state index contributed by atoms with van der Waals surface area (Å²) in [6.45, 7) is 7.60. The summed E-state index contributed by atoms with van der Waals surface area (Å²) in [7, 11) is 0. The van der Waals surface area contributed by atoms with Crippen LogP contribution in [0.3, 0.4) is 0 Å². The normalized spacial score (nSPS) is 23.3. The first-order valence-electron chi connectivity index (χ1n) is 9.57. The lowest BCUT2D eigenvalue weighted by atomic mass is 9.83. The molecule has 7 heteroatoms. The summed E-state index contributed by atoms with van der Waals surface area (Å²) in [5, 5.41) is 9.24. The van der Waals surface area contributed by atoms with Crippen molar-refractivity contribution in [3.8, 4) is 0 Å². The molecule has 4 rings (SSSR count). The fourth-order valence-corrected chi connectivity index (χ4v) is 3.98. The average molecular weight is 370 g/mol. The van der Waals surface area contributed by atoms with Gasteiger partial charge < -0.3 is 15.5 Å². The first-order chi connectivity index (χ1) is 12.8. The molecule has 3 heterocycles. The predicted octanol–water partition coefficient (Wildman–Crippen LogP) is 0.535. The molecular formula is C20H26N4O3. The van der Waals surface area contributed by atoms with Crippen molar-refractivity contribution in [2.45, 2.75) is 51.4 Å². The zero-order chi connectivity index (χ0) is 19.2. The minimum absolute atomic E-state index is 0.0348. The van der Waals surface area contributed by atoms with E-state index in [1.54, 1.807) is 4.90 Å². The molecule has 27 heavy (non-hydrogen) atoms. The number of nitrogens with zero attached hydrogens (tertiary/aromatic N) is 1. The Labute approximate surface area is 158 Å². The van der Waals surface area contributed by atoms with Crippen LogP contribution in [0.15, 0.2) is 18.2 Å². The van der Waals surface area contributed by atoms with E-state index in [0.717, 1.165) is 24.2 Å². The third-order valence-corrected chi connectivity index (χ3v) is 6.14. The number of carbonyl (C=O) groups excluding carboxylic acids is 3. The van der Waals surface area contributed by atoms with E-state index in [1.165, 1.54) is 0 Å². The van der Waals surface area contributed by atoms with Crippen molar-refractivity contribution >= 4 is 17.7 Å². The van der Waals surface area contributed by atoms with E-state index in [0.29, 0.717) is 31.0 Å². The highest BCUT2D eigenvalue weighted by molar-refractivity contribution is 6.05. The predicted molar refractivity (Wildman–Crippen MR) is 99.8 cm³/mol. The van der Waals surface area contributed by atoms with Crippen LogP contribution in [0, 0.1) is 5.92 Å². The largest absolute Gasteiger partial charge is 0.322 e. The summed E-state index contributed by atoms with van der Waals surface area (Å²) in [5.74, 6) is -0.149. The van der Waals surface area contributed by atoms with Crippen molar-refractivity contribution in [2.24, 2.45) is 5.92 Å². The summed E-state index contributed by atoms with van der Waals surface area (Å²) in [4.78, 5) is 37.9. The van der Waals surface area contributed by atoms with Gasteiger partial charge in [0.25, 0.3) is 5.91 Å². The Hall–Kier alpha value is -2.25. The van der Waals surface area contributed by atoms with Crippen molar-refractivity contribution in [3.63, 3.8) is 0 Å². The number of nitrogens with one attached hydrogen (secondary N) is 3. The zero-order valence-corrected chi connectivity index (χ0v) is 15.8. The van der Waals surface area contributed by atoms with Crippen LogP contribution < -0.4 is 16.0 Å². The van der Waals surface area contributed by atoms with Crippen LogP contribution in [0.1, 0.15) is 48.2 Å². The lowest BCUT2D eigenvalue weighted by Crippen LogP contribution is -2.59. The van der Waals surface area contributed by atoms with Gasteiger partial charge in [-0.1, -0.05) is 12.1 Å². The molecule has 2 fully saturated rings. The molecule has 0 saturated carbocycles. The maximum atomic E-state index is 12.9. The number of hydrogen-bond donors (Lipinski definition) is 3. The quantitative estimate of drug-likeness (QED) is 0.658. The molecule has 1 unspecified atom stereocenters. The molecule has 3 amide bonds. The van der Waals surface area contributed by atoms with Crippen LogP contribution in [0.5, 0.6) is 0 Å². The van der Waals surface area contributed by atoms with Crippen LogP contribution in [0.25, 0.3) is 0 Å². The molecule has 1 aromatic rings. The molecule has 3 aliphatic heterocycles. The molecule has 0 radical (unpaired) electrons. The fourth-order valence-electron chi connectivity index (χ4n) is 3.98. The van der Waals surface area contributed by atoms with E-state index < -0.39 is 6.04 Å². The van der Waals surface area contributed by atoms with Gasteiger partial charge in [-0.3, -0.25) is 19.7 Å². The van der Waals surface area contributed by atoms with Gasteiger partial charge in [-0.25, -0.2) is 0 Å². The highest BCUT2D eigenvalue weighted by atomic mass is 16.2. The molecule has 7 nitrogen and oxygen atoms in total. The minimum Gasteiger partial charge on any atom is -0.322 e. The number of carbonyl (C=O) groups is 3. The van der Waals surface area contributed by atoms with Gasteiger partial charge in [-0.05, 0) is 37.5 Å². The molecule has 144 valence electrons. The van der Waals surface area contributed by atoms with Crippen LogP contribution >= 0.6 is 0 Å². The highest BCUT2D eigenvalue weighted by Gasteiger charge is 2.39. The molecule has 0 aliphatic carbocycles. The summed E-state index contributed by atoms with van der Waals surface area (Å²) in [5.41, 5.74) is 2.71. The molecule has 2 saturated heterocycles. The van der Waals surface area contributed by atoms with E-state index in [4.69, 9.17) is 0 Å². The van der Waals surface area contributed by atoms with Gasteiger partial charge in [0.2, 0.25) is 11.8 Å². The molecule has 0 spiro atoms. The molecule has 0 aromatic heterocycles. The second kappa shape index (κ2) is 6.73. The molecule has 3 aliphatic rings. The second-order valence-corrected chi connectivity index (χ2v) is 8.32. The van der Waals surface area contributed by atoms with E-state index >= 15 is 0 Å². The van der Waals surface area contributed by atoms with Gasteiger partial charge in [0, 0.05) is 49.6 Å². The zero-order valence-electron chi connectivity index (χ0n) is 15.8. The number of rotatable bonds is 5. The van der Waals surface area contributed by atoms with Crippen LogP contribution in [0.4, 0.5) is 0 Å². The first kappa shape index (κ1) is 18.1. The summed E-state index contributed by atoms with van der Waals surface area (Å²) < 4.78 is 0. The maximum Gasteiger partial charge on any atom is 0.255 e. The first-order valence-corrected chi connectivity index (χ1v) is 9.57. The minimum atomic E-state index is -0.561. The summed E-state index contributed by atoms with van der Waals surface area (Å²) in [6, 6.07) is 5.40. The summed E-state index contributed by atoms with van der Waals surface area (Å²) in [6.07, 6.45) is 0.666. The standard InChI is InChI=1S/C20H26N4O3/c1-20(2,14-9-21-10-14)22-8-12-3-4-13-11-24(19(27)15(13)7-12)16-5-6-17(25)23-18(16)26/h3-4,7,14,16,21-22H,5-6,8-11H2,1-2H3,(H,23,25,26). The molecular weight excluding hydrogens is 344 g/mol. The number of piperidine rings is 1. The monoisotopic (exact) mass is 370 g/mol. The number of amides is 3. The number of fused-ring (bicyclic) bond motifs is 1. The van der Waals surface area contributed by atoms with Gasteiger partial charge in [-0.2, -0.15) is 0 Å². The van der Waals surface area contributed by atoms with Crippen molar-refractivity contribution < 1.29 is 14.4 Å². The van der Waals surface area contributed by atoms with Crippen molar-refractivity contribution in [1.29, 1.82) is 0 Å². The SMILES string of the molecule is CC(C)(NCc1ccc2c(c1)C(=O)N(C1CCC(=O)NC1=O)C2)C1CNC1. The third-order valence-electron chi connectivity index (χ3n) is 6.14. The van der Waals surface area contributed by atoms with Crippen LogP contribution in [-0.2, 0) is 22.7 Å². The Morgan fingerprint density at radius 2 is 2.00 bits per heavy atom. The van der Waals surface area contributed by atoms with Crippen LogP contribution in [-0.4, -0.2) is 47.3 Å². The number of imide groups is 1. The van der Waals surface area contributed by atoms with Gasteiger partial charge >= 0.3 is 0 Å². The van der Waals surface area contributed by atoms with Gasteiger partial charge in [0.15, 0.2) is 0 Å². The highest BCUT2D eigenvalue weighted by Crippen LogP contribution is 2.28. The maximum absolute atomic E-state index is 12.9. The Bertz CT molecular complexity index is 800. The topological polar surface area (TPSA) is 90.5 Å². The lowest BCUT2D eigenvalue weighted by Gasteiger charge is -2.41. The Kier molecular flexibility index (Phi) is 4.52.